The summed E-state index contributed by atoms with van der Waals surface area (Å²) in [5.41, 5.74) is 0. The molecule has 1 aromatic heterocycles. The Morgan fingerprint density at radius 2 is 2.13 bits per heavy atom. The minimum absolute atomic E-state index is 0.182. The Bertz CT molecular complexity index is 332. The average molecular weight is 225 g/mol. The molecule has 1 N–H and O–H groups in total. The van der Waals surface area contributed by atoms with Crippen molar-refractivity contribution in [2.24, 2.45) is 0 Å². The summed E-state index contributed by atoms with van der Waals surface area (Å²) in [5, 5.41) is 22.1. The van der Waals surface area contributed by atoms with Gasteiger partial charge in [-0.05, 0) is 30.7 Å². The van der Waals surface area contributed by atoms with E-state index >= 15 is 0 Å². The van der Waals surface area contributed by atoms with Gasteiger partial charge >= 0.3 is 0 Å². The third kappa shape index (κ3) is 2.63. The highest BCUT2D eigenvalue weighted by molar-refractivity contribution is 7.99. The van der Waals surface area contributed by atoms with E-state index in [0.29, 0.717) is 5.03 Å². The van der Waals surface area contributed by atoms with Crippen LogP contribution in [0.4, 0.5) is 0 Å². The molecule has 0 bridgehead atoms. The van der Waals surface area contributed by atoms with Gasteiger partial charge in [-0.3, -0.25) is 0 Å². The molecule has 3 nitrogen and oxygen atoms in total. The van der Waals surface area contributed by atoms with Crippen molar-refractivity contribution >= 4 is 11.8 Å². The van der Waals surface area contributed by atoms with Gasteiger partial charge in [-0.2, -0.15) is 4.73 Å². The topological polar surface area (TPSA) is 47.2 Å². The summed E-state index contributed by atoms with van der Waals surface area (Å²) in [5.74, 6) is 0. The summed E-state index contributed by atoms with van der Waals surface area (Å²) >= 11 is 1.50. The van der Waals surface area contributed by atoms with Crippen LogP contribution < -0.4 is 4.73 Å². The molecule has 1 aliphatic carbocycles. The molecule has 0 radical (unpaired) electrons. The third-order valence-corrected chi connectivity index (χ3v) is 4.14. The minimum Gasteiger partial charge on any atom is -0.618 e. The van der Waals surface area contributed by atoms with Gasteiger partial charge in [0.25, 0.3) is 5.03 Å². The van der Waals surface area contributed by atoms with Crippen LogP contribution in [0.1, 0.15) is 25.7 Å². The van der Waals surface area contributed by atoms with Gasteiger partial charge < -0.3 is 10.3 Å². The zero-order valence-corrected chi connectivity index (χ0v) is 9.32. The minimum atomic E-state index is -0.260. The highest BCUT2D eigenvalue weighted by Gasteiger charge is 2.26. The molecule has 0 saturated heterocycles. The predicted octanol–water partition coefficient (Wildman–Crippen LogP) is 1.72. The summed E-state index contributed by atoms with van der Waals surface area (Å²) in [6.07, 6.45) is 5.36. The Morgan fingerprint density at radius 3 is 2.87 bits per heavy atom. The van der Waals surface area contributed by atoms with Crippen LogP contribution in [-0.2, 0) is 0 Å². The molecule has 4 heteroatoms. The zero-order valence-electron chi connectivity index (χ0n) is 8.50. The summed E-state index contributed by atoms with van der Waals surface area (Å²) in [7, 11) is 0. The zero-order chi connectivity index (χ0) is 10.7. The van der Waals surface area contributed by atoms with Crippen molar-refractivity contribution in [2.75, 3.05) is 0 Å². The SMILES string of the molecule is [O-][n+]1ccccc1SC1CCCCC1O. The van der Waals surface area contributed by atoms with Crippen molar-refractivity contribution in [3.63, 3.8) is 0 Å². The number of thioether (sulfide) groups is 1. The monoisotopic (exact) mass is 225 g/mol. The quantitative estimate of drug-likeness (QED) is 0.616. The molecule has 1 aromatic rings. The lowest BCUT2D eigenvalue weighted by Crippen LogP contribution is -2.32. The average Bonchev–Trinajstić information content (AvgIpc) is 2.24. The molecular formula is C11H15NO2S. The van der Waals surface area contributed by atoms with Crippen LogP contribution >= 0.6 is 11.8 Å². The number of rotatable bonds is 2. The summed E-state index contributed by atoms with van der Waals surface area (Å²) in [6.45, 7) is 0. The first-order valence-electron chi connectivity index (χ1n) is 5.30. The number of nitrogens with zero attached hydrogens (tertiary/aromatic N) is 1. The van der Waals surface area contributed by atoms with Crippen LogP contribution in [0.5, 0.6) is 0 Å². The predicted molar refractivity (Wildman–Crippen MR) is 59.5 cm³/mol. The molecule has 82 valence electrons. The fourth-order valence-electron chi connectivity index (χ4n) is 1.87. The molecule has 0 aliphatic heterocycles. The van der Waals surface area contributed by atoms with Crippen LogP contribution in [0, 0.1) is 5.21 Å². The van der Waals surface area contributed by atoms with E-state index in [1.807, 2.05) is 6.07 Å². The maximum atomic E-state index is 11.4. The molecule has 1 fully saturated rings. The summed E-state index contributed by atoms with van der Waals surface area (Å²) in [6, 6.07) is 5.37. The fraction of sp³-hybridized carbons (Fsp3) is 0.545. The molecule has 1 aliphatic rings. The van der Waals surface area contributed by atoms with Crippen molar-refractivity contribution < 1.29 is 9.84 Å². The Morgan fingerprint density at radius 1 is 1.33 bits per heavy atom. The Kier molecular flexibility index (Phi) is 3.49. The second-order valence-electron chi connectivity index (χ2n) is 3.87. The molecule has 0 spiro atoms. The largest absolute Gasteiger partial charge is 0.618 e. The molecule has 1 saturated carbocycles. The maximum absolute atomic E-state index is 11.4. The number of aromatic nitrogens is 1. The number of aliphatic hydroxyl groups excluding tert-OH is 1. The van der Waals surface area contributed by atoms with Crippen molar-refractivity contribution in [1.82, 2.24) is 0 Å². The summed E-state index contributed by atoms with van der Waals surface area (Å²) in [4.78, 5) is 0. The molecule has 1 heterocycles. The van der Waals surface area contributed by atoms with E-state index in [2.05, 4.69) is 0 Å². The Hall–Kier alpha value is -0.740. The molecule has 2 unspecified atom stereocenters. The van der Waals surface area contributed by atoms with Crippen molar-refractivity contribution in [3.8, 4) is 0 Å². The van der Waals surface area contributed by atoms with Crippen LogP contribution in [0.15, 0.2) is 29.4 Å². The number of pyridine rings is 1. The molecule has 2 atom stereocenters. The highest BCUT2D eigenvalue weighted by atomic mass is 32.2. The van der Waals surface area contributed by atoms with Crippen LogP contribution in [0.25, 0.3) is 0 Å². The first-order chi connectivity index (χ1) is 7.27. The molecule has 15 heavy (non-hydrogen) atoms. The standard InChI is InChI=1S/C11H15NO2S/c13-9-5-1-2-6-10(9)15-11-7-3-4-8-12(11)14/h3-4,7-10,13H,1-2,5-6H2. The van der Waals surface area contributed by atoms with Gasteiger partial charge in [-0.1, -0.05) is 12.8 Å². The van der Waals surface area contributed by atoms with Crippen molar-refractivity contribution in [3.05, 3.63) is 29.6 Å². The van der Waals surface area contributed by atoms with E-state index in [-0.39, 0.29) is 11.4 Å². The molecule has 2 rings (SSSR count). The second kappa shape index (κ2) is 4.86. The van der Waals surface area contributed by atoms with Gasteiger partial charge in [0, 0.05) is 17.4 Å². The lowest BCUT2D eigenvalue weighted by atomic mass is 9.97. The van der Waals surface area contributed by atoms with E-state index in [1.54, 1.807) is 12.1 Å². The second-order valence-corrected chi connectivity index (χ2v) is 5.13. The normalized spacial score (nSPS) is 26.5. The number of hydrogen-bond donors (Lipinski definition) is 1. The van der Waals surface area contributed by atoms with Gasteiger partial charge in [0.15, 0.2) is 6.20 Å². The molecular weight excluding hydrogens is 210 g/mol. The van der Waals surface area contributed by atoms with Crippen molar-refractivity contribution in [2.45, 2.75) is 42.1 Å². The smallest absolute Gasteiger partial charge is 0.251 e. The van der Waals surface area contributed by atoms with Gasteiger partial charge in [-0.15, -0.1) is 0 Å². The van der Waals surface area contributed by atoms with Crippen LogP contribution in [0.2, 0.25) is 0 Å². The first kappa shape index (κ1) is 10.8. The molecule has 0 aromatic carbocycles. The number of aliphatic hydroxyl groups is 1. The number of hydrogen-bond acceptors (Lipinski definition) is 3. The highest BCUT2D eigenvalue weighted by Crippen LogP contribution is 2.32. The van der Waals surface area contributed by atoms with Gasteiger partial charge in [0.1, 0.15) is 0 Å². The first-order valence-corrected chi connectivity index (χ1v) is 6.18. The van der Waals surface area contributed by atoms with Crippen LogP contribution in [-0.4, -0.2) is 16.5 Å². The maximum Gasteiger partial charge on any atom is 0.251 e. The summed E-state index contributed by atoms with van der Waals surface area (Å²) < 4.78 is 0.867. The van der Waals surface area contributed by atoms with Gasteiger partial charge in [0.05, 0.1) is 6.10 Å². The van der Waals surface area contributed by atoms with E-state index in [0.717, 1.165) is 30.4 Å². The van der Waals surface area contributed by atoms with Crippen LogP contribution in [0.3, 0.4) is 0 Å². The van der Waals surface area contributed by atoms with E-state index < -0.39 is 0 Å². The third-order valence-electron chi connectivity index (χ3n) is 2.73. The van der Waals surface area contributed by atoms with E-state index in [4.69, 9.17) is 0 Å². The van der Waals surface area contributed by atoms with E-state index in [9.17, 15) is 10.3 Å². The molecule has 0 amide bonds. The Balaban J connectivity index is 2.04. The lowest BCUT2D eigenvalue weighted by Gasteiger charge is -2.25. The van der Waals surface area contributed by atoms with Gasteiger partial charge in [0.2, 0.25) is 0 Å². The lowest BCUT2D eigenvalue weighted by molar-refractivity contribution is -0.645. The fourth-order valence-corrected chi connectivity index (χ4v) is 3.08. The van der Waals surface area contributed by atoms with Crippen molar-refractivity contribution in [1.29, 1.82) is 0 Å². The van der Waals surface area contributed by atoms with Gasteiger partial charge in [-0.25, -0.2) is 0 Å². The van der Waals surface area contributed by atoms with E-state index in [1.165, 1.54) is 18.0 Å². The Labute approximate surface area is 93.7 Å².